The van der Waals surface area contributed by atoms with Gasteiger partial charge in [-0.05, 0) is 78.2 Å². The highest BCUT2D eigenvalue weighted by molar-refractivity contribution is 6.30. The first-order valence-corrected chi connectivity index (χ1v) is 9.20. The number of halogens is 1. The largest absolute Gasteiger partial charge is 0.451 e. The zero-order valence-corrected chi connectivity index (χ0v) is 15.7. The van der Waals surface area contributed by atoms with E-state index in [0.717, 1.165) is 17.5 Å². The number of carbonyl (C=O) groups excluding carboxylic acids is 1. The van der Waals surface area contributed by atoms with Crippen molar-refractivity contribution < 1.29 is 9.21 Å². The second-order valence-electron chi connectivity index (χ2n) is 6.35. The van der Waals surface area contributed by atoms with Crippen LogP contribution in [-0.4, -0.2) is 10.9 Å². The predicted octanol–water partition coefficient (Wildman–Crippen LogP) is 5.84. The maximum Gasteiger partial charge on any atom is 0.291 e. The molecular formula is C23H17ClN2O2. The number of hydrogen-bond donors (Lipinski definition) is 1. The quantitative estimate of drug-likeness (QED) is 0.467. The van der Waals surface area contributed by atoms with E-state index in [-0.39, 0.29) is 11.7 Å². The molecule has 28 heavy (non-hydrogen) atoms. The summed E-state index contributed by atoms with van der Waals surface area (Å²) in [5.41, 5.74) is 3.93. The molecule has 0 radical (unpaired) electrons. The fraction of sp³-hybridized carbons (Fsp3) is 0.0435. The van der Waals surface area contributed by atoms with Gasteiger partial charge in [0.1, 0.15) is 5.76 Å². The first kappa shape index (κ1) is 18.0. The Morgan fingerprint density at radius 3 is 2.25 bits per heavy atom. The second-order valence-corrected chi connectivity index (χ2v) is 6.79. The van der Waals surface area contributed by atoms with Crippen LogP contribution in [0.5, 0.6) is 0 Å². The van der Waals surface area contributed by atoms with E-state index in [4.69, 9.17) is 16.0 Å². The Morgan fingerprint density at radius 1 is 0.857 bits per heavy atom. The summed E-state index contributed by atoms with van der Waals surface area (Å²) < 4.78 is 5.69. The summed E-state index contributed by atoms with van der Waals surface area (Å²) in [6.07, 6.45) is 4.39. The predicted molar refractivity (Wildman–Crippen MR) is 111 cm³/mol. The molecule has 2 heterocycles. The number of anilines is 1. The summed E-state index contributed by atoms with van der Waals surface area (Å²) in [4.78, 5) is 16.5. The van der Waals surface area contributed by atoms with Gasteiger partial charge in [-0.15, -0.1) is 0 Å². The van der Waals surface area contributed by atoms with E-state index in [1.807, 2.05) is 48.5 Å². The molecule has 0 atom stereocenters. The third-order valence-electron chi connectivity index (χ3n) is 4.33. The van der Waals surface area contributed by atoms with E-state index in [0.29, 0.717) is 16.5 Å². The highest BCUT2D eigenvalue weighted by atomic mass is 35.5. The first-order chi connectivity index (χ1) is 13.7. The molecule has 4 aromatic rings. The van der Waals surface area contributed by atoms with Crippen LogP contribution in [-0.2, 0) is 6.42 Å². The van der Waals surface area contributed by atoms with Crippen molar-refractivity contribution >= 4 is 23.2 Å². The van der Waals surface area contributed by atoms with Gasteiger partial charge in [0.2, 0.25) is 0 Å². The summed E-state index contributed by atoms with van der Waals surface area (Å²) in [7, 11) is 0. The lowest BCUT2D eigenvalue weighted by Gasteiger charge is -2.06. The Kier molecular flexibility index (Phi) is 5.22. The Bertz CT molecular complexity index is 1070. The van der Waals surface area contributed by atoms with Crippen LogP contribution < -0.4 is 5.32 Å². The average molecular weight is 389 g/mol. The third-order valence-corrected chi connectivity index (χ3v) is 4.58. The molecular weight excluding hydrogens is 372 g/mol. The lowest BCUT2D eigenvalue weighted by atomic mass is 10.1. The van der Waals surface area contributed by atoms with Gasteiger partial charge in [0, 0.05) is 28.7 Å². The number of nitrogens with one attached hydrogen (secondary N) is 1. The summed E-state index contributed by atoms with van der Waals surface area (Å²) in [6.45, 7) is 0. The molecule has 0 aliphatic carbocycles. The second kappa shape index (κ2) is 8.11. The molecule has 0 unspecified atom stereocenters. The van der Waals surface area contributed by atoms with Crippen LogP contribution in [0.15, 0.2) is 89.6 Å². The van der Waals surface area contributed by atoms with Crippen LogP contribution in [0.1, 0.15) is 21.7 Å². The summed E-state index contributed by atoms with van der Waals surface area (Å²) in [5.74, 6) is 0.586. The van der Waals surface area contributed by atoms with Crippen molar-refractivity contribution in [2.45, 2.75) is 6.42 Å². The van der Waals surface area contributed by atoms with Gasteiger partial charge in [0.25, 0.3) is 5.91 Å². The number of nitrogens with zero attached hydrogens (tertiary/aromatic N) is 1. The van der Waals surface area contributed by atoms with Gasteiger partial charge in [-0.25, -0.2) is 0 Å². The summed E-state index contributed by atoms with van der Waals surface area (Å²) in [6, 6.07) is 22.5. The third kappa shape index (κ3) is 4.30. The molecule has 4 rings (SSSR count). The SMILES string of the molecule is O=C(Nc1ccc(Cc2ccncc2)cc1)c1ccc(-c2ccc(Cl)cc2)o1. The zero-order chi connectivity index (χ0) is 19.3. The van der Waals surface area contributed by atoms with Crippen molar-refractivity contribution in [2.24, 2.45) is 0 Å². The van der Waals surface area contributed by atoms with Gasteiger partial charge in [0.05, 0.1) is 0 Å². The topological polar surface area (TPSA) is 55.1 Å². The highest BCUT2D eigenvalue weighted by Gasteiger charge is 2.12. The molecule has 1 N–H and O–H groups in total. The van der Waals surface area contributed by atoms with Gasteiger partial charge in [-0.3, -0.25) is 9.78 Å². The lowest BCUT2D eigenvalue weighted by Crippen LogP contribution is -2.10. The van der Waals surface area contributed by atoms with Gasteiger partial charge < -0.3 is 9.73 Å². The van der Waals surface area contributed by atoms with E-state index >= 15 is 0 Å². The van der Waals surface area contributed by atoms with Gasteiger partial charge >= 0.3 is 0 Å². The summed E-state index contributed by atoms with van der Waals surface area (Å²) >= 11 is 5.90. The Balaban J connectivity index is 1.41. The highest BCUT2D eigenvalue weighted by Crippen LogP contribution is 2.24. The van der Waals surface area contributed by atoms with Crippen molar-refractivity contribution in [3.05, 3.63) is 107 Å². The molecule has 0 saturated heterocycles. The normalized spacial score (nSPS) is 10.6. The molecule has 2 aromatic heterocycles. The fourth-order valence-corrected chi connectivity index (χ4v) is 2.99. The van der Waals surface area contributed by atoms with Crippen molar-refractivity contribution in [3.8, 4) is 11.3 Å². The number of hydrogen-bond acceptors (Lipinski definition) is 3. The van der Waals surface area contributed by atoms with Crippen molar-refractivity contribution in [2.75, 3.05) is 5.32 Å². The molecule has 2 aromatic carbocycles. The molecule has 1 amide bonds. The molecule has 5 heteroatoms. The molecule has 4 nitrogen and oxygen atoms in total. The molecule has 0 fully saturated rings. The van der Waals surface area contributed by atoms with Gasteiger partial charge in [-0.2, -0.15) is 0 Å². The summed E-state index contributed by atoms with van der Waals surface area (Å²) in [5, 5.41) is 3.51. The van der Waals surface area contributed by atoms with E-state index in [2.05, 4.69) is 10.3 Å². The maximum atomic E-state index is 12.5. The minimum absolute atomic E-state index is 0.255. The van der Waals surface area contributed by atoms with Crippen LogP contribution in [0.4, 0.5) is 5.69 Å². The Labute approximate surface area is 167 Å². The molecule has 0 bridgehead atoms. The Morgan fingerprint density at radius 2 is 1.54 bits per heavy atom. The molecule has 0 saturated carbocycles. The lowest BCUT2D eigenvalue weighted by molar-refractivity contribution is 0.0997. The van der Waals surface area contributed by atoms with Crippen LogP contribution in [0, 0.1) is 0 Å². The number of benzene rings is 2. The number of aromatic nitrogens is 1. The van der Waals surface area contributed by atoms with Crippen LogP contribution in [0.3, 0.4) is 0 Å². The fourth-order valence-electron chi connectivity index (χ4n) is 2.86. The van der Waals surface area contributed by atoms with Crippen LogP contribution in [0.2, 0.25) is 5.02 Å². The first-order valence-electron chi connectivity index (χ1n) is 8.82. The zero-order valence-electron chi connectivity index (χ0n) is 14.9. The van der Waals surface area contributed by atoms with E-state index in [1.54, 1.807) is 36.7 Å². The van der Waals surface area contributed by atoms with Gasteiger partial charge in [-0.1, -0.05) is 23.7 Å². The minimum atomic E-state index is -0.290. The molecule has 0 aliphatic heterocycles. The number of amides is 1. The van der Waals surface area contributed by atoms with Gasteiger partial charge in [0.15, 0.2) is 5.76 Å². The average Bonchev–Trinajstić information content (AvgIpc) is 3.21. The minimum Gasteiger partial charge on any atom is -0.451 e. The van der Waals surface area contributed by atoms with Crippen molar-refractivity contribution in [3.63, 3.8) is 0 Å². The number of pyridine rings is 1. The smallest absolute Gasteiger partial charge is 0.291 e. The van der Waals surface area contributed by atoms with E-state index < -0.39 is 0 Å². The monoisotopic (exact) mass is 388 g/mol. The standard InChI is InChI=1S/C23H17ClN2O2/c24-19-5-3-18(4-6-19)21-9-10-22(28-21)23(27)26-20-7-1-16(2-8-20)15-17-11-13-25-14-12-17/h1-14H,15H2,(H,26,27). The maximum absolute atomic E-state index is 12.5. The molecule has 0 spiro atoms. The van der Waals surface area contributed by atoms with Crippen molar-refractivity contribution in [1.29, 1.82) is 0 Å². The van der Waals surface area contributed by atoms with Crippen molar-refractivity contribution in [1.82, 2.24) is 4.98 Å². The van der Waals surface area contributed by atoms with Crippen LogP contribution in [0.25, 0.3) is 11.3 Å². The molecule has 0 aliphatic rings. The van der Waals surface area contributed by atoms with Crippen LogP contribution >= 0.6 is 11.6 Å². The van der Waals surface area contributed by atoms with E-state index in [1.165, 1.54) is 5.56 Å². The number of carbonyl (C=O) groups is 1. The number of rotatable bonds is 5. The molecule has 138 valence electrons. The van der Waals surface area contributed by atoms with E-state index in [9.17, 15) is 4.79 Å². The Hall–Kier alpha value is -3.37. The number of furan rings is 1.